The number of hydrogen-bond donors (Lipinski definition) is 1. The van der Waals surface area contributed by atoms with Crippen LogP contribution in [0.2, 0.25) is 0 Å². The fourth-order valence-corrected chi connectivity index (χ4v) is 1.16. The van der Waals surface area contributed by atoms with Gasteiger partial charge in [0.1, 0.15) is 5.82 Å². The Labute approximate surface area is 92.4 Å². The molecule has 0 spiro atoms. The van der Waals surface area contributed by atoms with E-state index in [2.05, 4.69) is 10.2 Å². The Kier molecular flexibility index (Phi) is 2.91. The Morgan fingerprint density at radius 1 is 0.750 bits per heavy atom. The molecule has 0 bridgehead atoms. The van der Waals surface area contributed by atoms with Crippen LogP contribution in [0.25, 0.3) is 0 Å². The molecule has 0 aliphatic rings. The van der Waals surface area contributed by atoms with Crippen LogP contribution in [0.15, 0.2) is 58.8 Å². The van der Waals surface area contributed by atoms with Crippen molar-refractivity contribution in [1.82, 2.24) is 0 Å². The second-order valence-corrected chi connectivity index (χ2v) is 3.27. The van der Waals surface area contributed by atoms with E-state index in [-0.39, 0.29) is 5.82 Å². The number of nitrogens with two attached hydrogens (primary N) is 1. The molecule has 0 radical (unpaired) electrons. The predicted molar refractivity (Wildman–Crippen MR) is 61.4 cm³/mol. The first-order valence-electron chi connectivity index (χ1n) is 4.77. The number of anilines is 1. The van der Waals surface area contributed by atoms with Gasteiger partial charge in [0.05, 0.1) is 11.4 Å². The van der Waals surface area contributed by atoms with Crippen LogP contribution in [0.3, 0.4) is 0 Å². The van der Waals surface area contributed by atoms with E-state index in [1.165, 1.54) is 12.1 Å². The predicted octanol–water partition coefficient (Wildman–Crippen LogP) is 3.82. The van der Waals surface area contributed by atoms with Crippen molar-refractivity contribution in [2.24, 2.45) is 10.2 Å². The second-order valence-electron chi connectivity index (χ2n) is 3.27. The summed E-state index contributed by atoms with van der Waals surface area (Å²) < 4.78 is 12.6. The molecule has 0 amide bonds. The Bertz CT molecular complexity index is 441. The average molecular weight is 215 g/mol. The number of hydrogen-bond acceptors (Lipinski definition) is 3. The van der Waals surface area contributed by atoms with Crippen LogP contribution < -0.4 is 5.73 Å². The standard InChI is InChI=1S/C12H10FN3/c13-9-1-5-11(6-2-9)15-16-12-7-3-10(14)4-8-12/h1-8H,14H2/b16-15+. The number of azo groups is 1. The molecule has 0 aliphatic heterocycles. The fourth-order valence-electron chi connectivity index (χ4n) is 1.16. The van der Waals surface area contributed by atoms with E-state index in [0.29, 0.717) is 17.1 Å². The van der Waals surface area contributed by atoms with Gasteiger partial charge in [-0.25, -0.2) is 4.39 Å². The van der Waals surface area contributed by atoms with Gasteiger partial charge in [-0.2, -0.15) is 10.2 Å². The SMILES string of the molecule is Nc1ccc(/N=N/c2ccc(F)cc2)cc1. The minimum atomic E-state index is -0.286. The van der Waals surface area contributed by atoms with Gasteiger partial charge in [-0.1, -0.05) is 0 Å². The minimum absolute atomic E-state index is 0.286. The lowest BCUT2D eigenvalue weighted by molar-refractivity contribution is 0.628. The molecule has 16 heavy (non-hydrogen) atoms. The average Bonchev–Trinajstić information content (AvgIpc) is 2.30. The first-order chi connectivity index (χ1) is 7.74. The Hall–Kier alpha value is -2.23. The molecule has 0 aliphatic carbocycles. The highest BCUT2D eigenvalue weighted by Gasteiger charge is 1.92. The van der Waals surface area contributed by atoms with Crippen LogP contribution >= 0.6 is 0 Å². The molecule has 2 rings (SSSR count). The highest BCUT2D eigenvalue weighted by Crippen LogP contribution is 2.19. The van der Waals surface area contributed by atoms with Gasteiger partial charge in [-0.15, -0.1) is 0 Å². The van der Waals surface area contributed by atoms with Gasteiger partial charge >= 0.3 is 0 Å². The van der Waals surface area contributed by atoms with Gasteiger partial charge in [-0.3, -0.25) is 0 Å². The summed E-state index contributed by atoms with van der Waals surface area (Å²) in [4.78, 5) is 0. The van der Waals surface area contributed by atoms with Crippen molar-refractivity contribution in [2.45, 2.75) is 0 Å². The third-order valence-electron chi connectivity index (χ3n) is 2.00. The van der Waals surface area contributed by atoms with E-state index in [0.717, 1.165) is 0 Å². The summed E-state index contributed by atoms with van der Waals surface area (Å²) in [6, 6.07) is 12.9. The second kappa shape index (κ2) is 4.53. The normalized spacial score (nSPS) is 10.8. The summed E-state index contributed by atoms with van der Waals surface area (Å²) in [5.41, 5.74) is 7.53. The highest BCUT2D eigenvalue weighted by atomic mass is 19.1. The Morgan fingerprint density at radius 2 is 1.19 bits per heavy atom. The van der Waals surface area contributed by atoms with Gasteiger partial charge in [-0.05, 0) is 48.5 Å². The van der Waals surface area contributed by atoms with Crippen LogP contribution in [0.1, 0.15) is 0 Å². The molecule has 4 heteroatoms. The molecule has 2 N–H and O–H groups in total. The maximum atomic E-state index is 12.6. The molecular formula is C12H10FN3. The van der Waals surface area contributed by atoms with Crippen molar-refractivity contribution in [1.29, 1.82) is 0 Å². The van der Waals surface area contributed by atoms with Crippen molar-refractivity contribution in [3.63, 3.8) is 0 Å². The zero-order chi connectivity index (χ0) is 11.4. The Morgan fingerprint density at radius 3 is 1.69 bits per heavy atom. The largest absolute Gasteiger partial charge is 0.399 e. The third kappa shape index (κ3) is 2.63. The molecule has 0 saturated carbocycles. The summed E-state index contributed by atoms with van der Waals surface area (Å²) in [6.45, 7) is 0. The first kappa shape index (κ1) is 10.3. The van der Waals surface area contributed by atoms with Gasteiger partial charge in [0, 0.05) is 5.69 Å². The summed E-state index contributed by atoms with van der Waals surface area (Å²) in [7, 11) is 0. The number of nitrogen functional groups attached to an aromatic ring is 1. The van der Waals surface area contributed by atoms with Gasteiger partial charge in [0.15, 0.2) is 0 Å². The van der Waals surface area contributed by atoms with Gasteiger partial charge < -0.3 is 5.73 Å². The van der Waals surface area contributed by atoms with Crippen LogP contribution in [-0.4, -0.2) is 0 Å². The molecule has 0 fully saturated rings. The lowest BCUT2D eigenvalue weighted by Gasteiger charge is -1.94. The summed E-state index contributed by atoms with van der Waals surface area (Å²) >= 11 is 0. The molecule has 0 atom stereocenters. The fraction of sp³-hybridized carbons (Fsp3) is 0. The van der Waals surface area contributed by atoms with Gasteiger partial charge in [0.25, 0.3) is 0 Å². The third-order valence-corrected chi connectivity index (χ3v) is 2.00. The molecule has 0 heterocycles. The van der Waals surface area contributed by atoms with E-state index in [1.54, 1.807) is 36.4 Å². The number of benzene rings is 2. The number of nitrogens with zero attached hydrogens (tertiary/aromatic N) is 2. The monoisotopic (exact) mass is 215 g/mol. The molecule has 2 aromatic carbocycles. The molecule has 2 aromatic rings. The van der Waals surface area contributed by atoms with Crippen LogP contribution in [0.5, 0.6) is 0 Å². The molecule has 80 valence electrons. The van der Waals surface area contributed by atoms with E-state index in [4.69, 9.17) is 5.73 Å². The lowest BCUT2D eigenvalue weighted by Crippen LogP contribution is -1.80. The van der Waals surface area contributed by atoms with Crippen molar-refractivity contribution >= 4 is 17.1 Å². The summed E-state index contributed by atoms with van der Waals surface area (Å²) in [6.07, 6.45) is 0. The van der Waals surface area contributed by atoms with E-state index in [1.807, 2.05) is 0 Å². The topological polar surface area (TPSA) is 50.7 Å². The highest BCUT2D eigenvalue weighted by molar-refractivity contribution is 5.48. The molecular weight excluding hydrogens is 205 g/mol. The van der Waals surface area contributed by atoms with E-state index >= 15 is 0 Å². The van der Waals surface area contributed by atoms with Crippen LogP contribution in [0.4, 0.5) is 21.5 Å². The number of rotatable bonds is 2. The summed E-state index contributed by atoms with van der Waals surface area (Å²) in [5, 5.41) is 7.96. The first-order valence-corrected chi connectivity index (χ1v) is 4.77. The van der Waals surface area contributed by atoms with E-state index in [9.17, 15) is 4.39 Å². The lowest BCUT2D eigenvalue weighted by atomic mass is 10.3. The maximum absolute atomic E-state index is 12.6. The number of halogens is 1. The molecule has 0 saturated heterocycles. The summed E-state index contributed by atoms with van der Waals surface area (Å²) in [5.74, 6) is -0.286. The minimum Gasteiger partial charge on any atom is -0.399 e. The van der Waals surface area contributed by atoms with Crippen molar-refractivity contribution in [3.05, 3.63) is 54.3 Å². The maximum Gasteiger partial charge on any atom is 0.123 e. The molecule has 3 nitrogen and oxygen atoms in total. The molecule has 0 aromatic heterocycles. The quantitative estimate of drug-likeness (QED) is 0.600. The van der Waals surface area contributed by atoms with Crippen molar-refractivity contribution in [2.75, 3.05) is 5.73 Å². The zero-order valence-corrected chi connectivity index (χ0v) is 8.47. The molecule has 0 unspecified atom stereocenters. The van der Waals surface area contributed by atoms with Crippen LogP contribution in [-0.2, 0) is 0 Å². The Balaban J connectivity index is 2.15. The zero-order valence-electron chi connectivity index (χ0n) is 8.47. The van der Waals surface area contributed by atoms with E-state index < -0.39 is 0 Å². The van der Waals surface area contributed by atoms with Crippen molar-refractivity contribution < 1.29 is 4.39 Å². The van der Waals surface area contributed by atoms with Crippen LogP contribution in [0, 0.1) is 5.82 Å². The van der Waals surface area contributed by atoms with Crippen molar-refractivity contribution in [3.8, 4) is 0 Å². The van der Waals surface area contributed by atoms with Gasteiger partial charge in [0.2, 0.25) is 0 Å². The smallest absolute Gasteiger partial charge is 0.123 e.